The van der Waals surface area contributed by atoms with E-state index in [9.17, 15) is 8.78 Å². The molecule has 0 spiro atoms. The Bertz CT molecular complexity index is 603. The molecule has 0 bridgehead atoms. The van der Waals surface area contributed by atoms with Crippen LogP contribution < -0.4 is 9.47 Å². The molecule has 0 atom stereocenters. The second-order valence-corrected chi connectivity index (χ2v) is 8.78. The van der Waals surface area contributed by atoms with E-state index in [1.807, 2.05) is 0 Å². The molecule has 0 aliphatic heterocycles. The maximum Gasteiger partial charge on any atom is 0.204 e. The number of rotatable bonds is 8. The van der Waals surface area contributed by atoms with Crippen LogP contribution in [0.1, 0.15) is 78.1 Å². The molecule has 0 radical (unpaired) electrons. The third-order valence-corrected chi connectivity index (χ3v) is 6.93. The zero-order chi connectivity index (χ0) is 19.9. The summed E-state index contributed by atoms with van der Waals surface area (Å²) in [5, 5.41) is 0. The Morgan fingerprint density at radius 3 is 1.75 bits per heavy atom. The van der Waals surface area contributed by atoms with Gasteiger partial charge in [0.2, 0.25) is 11.6 Å². The van der Waals surface area contributed by atoms with E-state index in [0.29, 0.717) is 19.1 Å². The quantitative estimate of drug-likeness (QED) is 0.466. The molecule has 0 aromatic heterocycles. The van der Waals surface area contributed by atoms with Crippen molar-refractivity contribution in [3.8, 4) is 11.5 Å². The van der Waals surface area contributed by atoms with Crippen molar-refractivity contribution in [2.24, 2.45) is 23.7 Å². The molecule has 2 saturated carbocycles. The number of hydrogen-bond acceptors (Lipinski definition) is 2. The minimum atomic E-state index is -0.957. The van der Waals surface area contributed by atoms with Crippen LogP contribution in [0.25, 0.3) is 0 Å². The van der Waals surface area contributed by atoms with Crippen LogP contribution in [0, 0.1) is 35.3 Å². The van der Waals surface area contributed by atoms with Gasteiger partial charge in [-0.2, -0.15) is 8.78 Å². The molecular weight excluding hydrogens is 358 g/mol. The van der Waals surface area contributed by atoms with Gasteiger partial charge in [0.05, 0.1) is 13.2 Å². The Labute approximate surface area is 169 Å². The second kappa shape index (κ2) is 10.5. The van der Waals surface area contributed by atoms with E-state index in [2.05, 4.69) is 6.92 Å². The van der Waals surface area contributed by atoms with Gasteiger partial charge in [-0.3, -0.25) is 0 Å². The van der Waals surface area contributed by atoms with Crippen LogP contribution in [0.2, 0.25) is 0 Å². The first-order chi connectivity index (χ1) is 13.6. The molecule has 158 valence electrons. The van der Waals surface area contributed by atoms with Crippen molar-refractivity contribution in [2.75, 3.05) is 13.2 Å². The predicted octanol–water partition coefficient (Wildman–Crippen LogP) is 7.16. The van der Waals surface area contributed by atoms with Gasteiger partial charge in [-0.25, -0.2) is 0 Å². The smallest absolute Gasteiger partial charge is 0.204 e. The second-order valence-electron chi connectivity index (χ2n) is 8.78. The normalized spacial score (nSPS) is 28.1. The first kappa shape index (κ1) is 21.4. The highest BCUT2D eigenvalue weighted by Gasteiger charge is 2.31. The summed E-state index contributed by atoms with van der Waals surface area (Å²) in [6, 6.07) is 2.92. The Morgan fingerprint density at radius 1 is 0.750 bits per heavy atom. The van der Waals surface area contributed by atoms with E-state index >= 15 is 0 Å². The first-order valence-electron chi connectivity index (χ1n) is 11.4. The molecular formula is C24H36F2O2. The molecule has 1 aromatic rings. The van der Waals surface area contributed by atoms with Gasteiger partial charge in [0.1, 0.15) is 0 Å². The lowest BCUT2D eigenvalue weighted by atomic mass is 9.69. The zero-order valence-electron chi connectivity index (χ0n) is 17.5. The molecule has 1 aromatic carbocycles. The van der Waals surface area contributed by atoms with E-state index in [0.717, 1.165) is 30.6 Å². The number of ether oxygens (including phenoxy) is 2. The third-order valence-electron chi connectivity index (χ3n) is 6.93. The highest BCUT2D eigenvalue weighted by Crippen LogP contribution is 2.42. The van der Waals surface area contributed by atoms with Gasteiger partial charge in [0, 0.05) is 0 Å². The Kier molecular flexibility index (Phi) is 7.99. The van der Waals surface area contributed by atoms with Crippen molar-refractivity contribution in [1.82, 2.24) is 0 Å². The van der Waals surface area contributed by atoms with Crippen molar-refractivity contribution in [3.63, 3.8) is 0 Å². The average molecular weight is 395 g/mol. The molecule has 0 unspecified atom stereocenters. The molecule has 3 rings (SSSR count). The van der Waals surface area contributed by atoms with Crippen molar-refractivity contribution >= 4 is 0 Å². The van der Waals surface area contributed by atoms with E-state index in [1.54, 1.807) is 6.92 Å². The lowest BCUT2D eigenvalue weighted by Crippen LogP contribution is -2.27. The Balaban J connectivity index is 1.42. The van der Waals surface area contributed by atoms with Gasteiger partial charge in [-0.05, 0) is 81.3 Å². The van der Waals surface area contributed by atoms with Gasteiger partial charge in [-0.15, -0.1) is 0 Å². The summed E-state index contributed by atoms with van der Waals surface area (Å²) in [6.45, 7) is 4.82. The van der Waals surface area contributed by atoms with Crippen molar-refractivity contribution in [2.45, 2.75) is 78.1 Å². The lowest BCUT2D eigenvalue weighted by Gasteiger charge is -2.37. The fourth-order valence-electron chi connectivity index (χ4n) is 5.28. The van der Waals surface area contributed by atoms with Crippen LogP contribution in [-0.2, 0) is 0 Å². The molecule has 4 heteroatoms. The molecule has 28 heavy (non-hydrogen) atoms. The van der Waals surface area contributed by atoms with Crippen LogP contribution in [0.5, 0.6) is 11.5 Å². The molecule has 0 N–H and O–H groups in total. The summed E-state index contributed by atoms with van der Waals surface area (Å²) >= 11 is 0. The first-order valence-corrected chi connectivity index (χ1v) is 11.4. The van der Waals surface area contributed by atoms with Crippen LogP contribution >= 0.6 is 0 Å². The molecule has 2 fully saturated rings. The predicted molar refractivity (Wildman–Crippen MR) is 109 cm³/mol. The van der Waals surface area contributed by atoms with E-state index in [-0.39, 0.29) is 11.5 Å². The third kappa shape index (κ3) is 5.39. The Morgan fingerprint density at radius 2 is 1.25 bits per heavy atom. The molecule has 0 heterocycles. The maximum absolute atomic E-state index is 14.2. The summed E-state index contributed by atoms with van der Waals surface area (Å²) in [5.41, 5.74) is 0. The average Bonchev–Trinajstić information content (AvgIpc) is 2.72. The molecule has 0 amide bonds. The van der Waals surface area contributed by atoms with Crippen LogP contribution in [0.4, 0.5) is 8.78 Å². The van der Waals surface area contributed by atoms with Crippen LogP contribution in [-0.4, -0.2) is 13.2 Å². The Hall–Kier alpha value is -1.32. The number of hydrogen-bond donors (Lipinski definition) is 0. The van der Waals surface area contributed by atoms with Gasteiger partial charge >= 0.3 is 0 Å². The van der Waals surface area contributed by atoms with E-state index in [1.165, 1.54) is 63.5 Å². The van der Waals surface area contributed by atoms with Crippen LogP contribution in [0.15, 0.2) is 12.1 Å². The van der Waals surface area contributed by atoms with Crippen molar-refractivity contribution < 1.29 is 18.3 Å². The van der Waals surface area contributed by atoms with Crippen LogP contribution in [0.3, 0.4) is 0 Å². The van der Waals surface area contributed by atoms with E-state index in [4.69, 9.17) is 9.47 Å². The molecule has 2 nitrogen and oxygen atoms in total. The van der Waals surface area contributed by atoms with Crippen molar-refractivity contribution in [3.05, 3.63) is 23.8 Å². The minimum absolute atomic E-state index is 0.00248. The lowest BCUT2D eigenvalue weighted by molar-refractivity contribution is 0.120. The molecule has 2 aliphatic carbocycles. The fraction of sp³-hybridized carbons (Fsp3) is 0.750. The molecule has 0 saturated heterocycles. The highest BCUT2D eigenvalue weighted by atomic mass is 19.2. The summed E-state index contributed by atoms with van der Waals surface area (Å²) < 4.78 is 38.8. The molecule has 2 aliphatic rings. The van der Waals surface area contributed by atoms with Gasteiger partial charge in [-0.1, -0.05) is 32.6 Å². The summed E-state index contributed by atoms with van der Waals surface area (Å²) in [5.74, 6) is 1.23. The fourth-order valence-corrected chi connectivity index (χ4v) is 5.28. The SMILES string of the molecule is CCC[C@H]1CC[C@H](C2CCC(COc3ccc(OCC)c(F)c3F)CC2)CC1. The van der Waals surface area contributed by atoms with E-state index < -0.39 is 11.6 Å². The topological polar surface area (TPSA) is 18.5 Å². The summed E-state index contributed by atoms with van der Waals surface area (Å²) in [6.07, 6.45) is 13.2. The largest absolute Gasteiger partial charge is 0.491 e. The van der Waals surface area contributed by atoms with Gasteiger partial charge < -0.3 is 9.47 Å². The number of benzene rings is 1. The summed E-state index contributed by atoms with van der Waals surface area (Å²) in [7, 11) is 0. The van der Waals surface area contributed by atoms with Gasteiger partial charge in [0.25, 0.3) is 0 Å². The van der Waals surface area contributed by atoms with Crippen molar-refractivity contribution in [1.29, 1.82) is 0 Å². The van der Waals surface area contributed by atoms with Gasteiger partial charge in [0.15, 0.2) is 11.5 Å². The number of halogens is 2. The maximum atomic E-state index is 14.2. The monoisotopic (exact) mass is 394 g/mol. The highest BCUT2D eigenvalue weighted by molar-refractivity contribution is 5.35. The minimum Gasteiger partial charge on any atom is -0.491 e. The summed E-state index contributed by atoms with van der Waals surface area (Å²) in [4.78, 5) is 0. The standard InChI is InChI=1S/C24H36F2O2/c1-3-5-17-6-10-19(11-7-17)20-12-8-18(9-13-20)16-28-22-15-14-21(27-4-2)23(25)24(22)26/h14-15,17-20H,3-13,16H2,1-2H3/t17-,18?,19-,20?. The zero-order valence-corrected chi connectivity index (χ0v) is 17.5.